The molecule has 15 heavy (non-hydrogen) atoms. The molecule has 2 amide bonds. The normalized spacial score (nSPS) is 16.2. The molecule has 1 aliphatic rings. The van der Waals surface area contributed by atoms with Gasteiger partial charge >= 0.3 is 0 Å². The van der Waals surface area contributed by atoms with Crippen LogP contribution in [0, 0.1) is 0 Å². The Labute approximate surface area is 95.4 Å². The Bertz CT molecular complexity index is 386. The Balaban J connectivity index is 2.11. The lowest BCUT2D eigenvalue weighted by atomic mass is 10.3. The quantitative estimate of drug-likeness (QED) is 0.764. The molecule has 1 aliphatic heterocycles. The molecule has 0 radical (unpaired) electrons. The molecule has 0 bridgehead atoms. The van der Waals surface area contributed by atoms with Crippen molar-refractivity contribution in [2.75, 3.05) is 0 Å². The zero-order valence-corrected chi connectivity index (χ0v) is 9.53. The van der Waals surface area contributed by atoms with Gasteiger partial charge in [-0.1, -0.05) is 0 Å². The van der Waals surface area contributed by atoms with Crippen LogP contribution in [0.3, 0.4) is 0 Å². The van der Waals surface area contributed by atoms with E-state index in [-0.39, 0.29) is 18.4 Å². The molecule has 1 fully saturated rings. The summed E-state index contributed by atoms with van der Waals surface area (Å²) < 4.78 is 0.880. The van der Waals surface area contributed by atoms with Crippen LogP contribution in [-0.4, -0.2) is 21.7 Å². The lowest BCUT2D eigenvalue weighted by Gasteiger charge is -2.12. The van der Waals surface area contributed by atoms with Gasteiger partial charge in [0.15, 0.2) is 0 Å². The van der Waals surface area contributed by atoms with Gasteiger partial charge in [-0.15, -0.1) is 0 Å². The summed E-state index contributed by atoms with van der Waals surface area (Å²) in [5.41, 5.74) is 0.724. The number of nitrogens with zero attached hydrogens (tertiary/aromatic N) is 2. The van der Waals surface area contributed by atoms with Gasteiger partial charge in [0.2, 0.25) is 11.8 Å². The van der Waals surface area contributed by atoms with Crippen molar-refractivity contribution >= 4 is 27.7 Å². The van der Waals surface area contributed by atoms with Gasteiger partial charge in [-0.05, 0) is 28.1 Å². The van der Waals surface area contributed by atoms with E-state index in [0.717, 1.165) is 10.2 Å². The van der Waals surface area contributed by atoms with E-state index in [1.165, 1.54) is 4.90 Å². The number of hydrogen-bond donors (Lipinski definition) is 0. The van der Waals surface area contributed by atoms with Crippen molar-refractivity contribution in [3.8, 4) is 0 Å². The monoisotopic (exact) mass is 268 g/mol. The number of carbonyl (C=O) groups is 2. The highest BCUT2D eigenvalue weighted by Gasteiger charge is 2.28. The topological polar surface area (TPSA) is 50.3 Å². The number of hydrogen-bond acceptors (Lipinski definition) is 3. The van der Waals surface area contributed by atoms with Gasteiger partial charge in [-0.25, -0.2) is 0 Å². The highest BCUT2D eigenvalue weighted by Crippen LogP contribution is 2.15. The Morgan fingerprint density at radius 2 is 1.93 bits per heavy atom. The van der Waals surface area contributed by atoms with Crippen LogP contribution in [0.2, 0.25) is 0 Å². The number of halogens is 1. The maximum absolute atomic E-state index is 11.3. The van der Waals surface area contributed by atoms with Crippen LogP contribution in [0.1, 0.15) is 18.5 Å². The Morgan fingerprint density at radius 1 is 1.27 bits per heavy atom. The summed E-state index contributed by atoms with van der Waals surface area (Å²) >= 11 is 3.27. The van der Waals surface area contributed by atoms with E-state index in [1.807, 2.05) is 6.07 Å². The fourth-order valence-electron chi connectivity index (χ4n) is 1.46. The molecule has 78 valence electrons. The molecule has 0 unspecified atom stereocenters. The van der Waals surface area contributed by atoms with Crippen molar-refractivity contribution in [1.82, 2.24) is 9.88 Å². The first-order chi connectivity index (χ1) is 7.16. The molecule has 1 aromatic rings. The third kappa shape index (κ3) is 2.23. The van der Waals surface area contributed by atoms with E-state index in [0.29, 0.717) is 12.8 Å². The van der Waals surface area contributed by atoms with Gasteiger partial charge in [0, 0.05) is 23.5 Å². The van der Waals surface area contributed by atoms with Crippen LogP contribution in [0.5, 0.6) is 0 Å². The number of amides is 2. The smallest absolute Gasteiger partial charge is 0.230 e. The summed E-state index contributed by atoms with van der Waals surface area (Å²) in [6, 6.07) is 3.64. The third-order valence-electron chi connectivity index (χ3n) is 2.26. The molecule has 0 N–H and O–H groups in total. The van der Waals surface area contributed by atoms with E-state index in [2.05, 4.69) is 20.9 Å². The van der Waals surface area contributed by atoms with Crippen LogP contribution in [-0.2, 0) is 16.1 Å². The van der Waals surface area contributed by atoms with Gasteiger partial charge < -0.3 is 0 Å². The predicted molar refractivity (Wildman–Crippen MR) is 56.7 cm³/mol. The van der Waals surface area contributed by atoms with Crippen molar-refractivity contribution in [2.24, 2.45) is 0 Å². The average molecular weight is 269 g/mol. The van der Waals surface area contributed by atoms with Gasteiger partial charge in [0.05, 0.1) is 12.2 Å². The maximum Gasteiger partial charge on any atom is 0.230 e. The number of aromatic nitrogens is 1. The van der Waals surface area contributed by atoms with Gasteiger partial charge in [0.1, 0.15) is 0 Å². The zero-order chi connectivity index (χ0) is 10.8. The maximum atomic E-state index is 11.3. The van der Waals surface area contributed by atoms with E-state index in [9.17, 15) is 9.59 Å². The molecule has 0 atom stereocenters. The van der Waals surface area contributed by atoms with Crippen LogP contribution in [0.4, 0.5) is 0 Å². The minimum absolute atomic E-state index is 0.107. The van der Waals surface area contributed by atoms with E-state index >= 15 is 0 Å². The number of pyridine rings is 1. The van der Waals surface area contributed by atoms with Gasteiger partial charge in [0.25, 0.3) is 0 Å². The standard InChI is InChI=1S/C10H9BrN2O2/c11-7-1-2-8(12-5-7)6-13-9(14)3-4-10(13)15/h1-2,5H,3-4,6H2. The molecule has 0 aliphatic carbocycles. The molecule has 0 saturated carbocycles. The average Bonchev–Trinajstić information content (AvgIpc) is 2.53. The largest absolute Gasteiger partial charge is 0.277 e. The van der Waals surface area contributed by atoms with Gasteiger partial charge in [-0.3, -0.25) is 19.5 Å². The first-order valence-electron chi connectivity index (χ1n) is 4.60. The van der Waals surface area contributed by atoms with Gasteiger partial charge in [-0.2, -0.15) is 0 Å². The second-order valence-corrected chi connectivity index (χ2v) is 4.26. The second kappa shape index (κ2) is 4.10. The van der Waals surface area contributed by atoms with Crippen molar-refractivity contribution in [3.63, 3.8) is 0 Å². The van der Waals surface area contributed by atoms with Crippen molar-refractivity contribution in [2.45, 2.75) is 19.4 Å². The molecule has 5 heteroatoms. The minimum atomic E-state index is -0.107. The van der Waals surface area contributed by atoms with E-state index in [1.54, 1.807) is 12.3 Å². The molecular formula is C10H9BrN2O2. The highest BCUT2D eigenvalue weighted by atomic mass is 79.9. The van der Waals surface area contributed by atoms with E-state index in [4.69, 9.17) is 0 Å². The second-order valence-electron chi connectivity index (χ2n) is 3.34. The van der Waals surface area contributed by atoms with Crippen LogP contribution >= 0.6 is 15.9 Å². The van der Waals surface area contributed by atoms with Crippen LogP contribution < -0.4 is 0 Å². The Kier molecular flexibility index (Phi) is 2.81. The summed E-state index contributed by atoms with van der Waals surface area (Å²) in [6.07, 6.45) is 2.31. The molecule has 1 saturated heterocycles. The summed E-state index contributed by atoms with van der Waals surface area (Å²) in [4.78, 5) is 28.0. The lowest BCUT2D eigenvalue weighted by Crippen LogP contribution is -2.28. The molecule has 2 rings (SSSR count). The fourth-order valence-corrected chi connectivity index (χ4v) is 1.70. The number of imide groups is 1. The first-order valence-corrected chi connectivity index (χ1v) is 5.40. The minimum Gasteiger partial charge on any atom is -0.277 e. The first kappa shape index (κ1) is 10.3. The predicted octanol–water partition coefficient (Wildman–Crippen LogP) is 1.49. The molecule has 1 aromatic heterocycles. The van der Waals surface area contributed by atoms with Crippen molar-refractivity contribution in [3.05, 3.63) is 28.5 Å². The Morgan fingerprint density at radius 3 is 2.47 bits per heavy atom. The summed E-state index contributed by atoms with van der Waals surface area (Å²) in [5, 5.41) is 0. The molecule has 4 nitrogen and oxygen atoms in total. The van der Waals surface area contributed by atoms with Crippen LogP contribution in [0.15, 0.2) is 22.8 Å². The molecule has 0 aromatic carbocycles. The molecule has 2 heterocycles. The van der Waals surface area contributed by atoms with Crippen molar-refractivity contribution < 1.29 is 9.59 Å². The highest BCUT2D eigenvalue weighted by molar-refractivity contribution is 9.10. The Hall–Kier alpha value is -1.23. The van der Waals surface area contributed by atoms with Crippen molar-refractivity contribution in [1.29, 1.82) is 0 Å². The molecular weight excluding hydrogens is 260 g/mol. The molecule has 0 spiro atoms. The summed E-state index contributed by atoms with van der Waals surface area (Å²) in [6.45, 7) is 0.283. The van der Waals surface area contributed by atoms with Crippen LogP contribution in [0.25, 0.3) is 0 Å². The third-order valence-corrected chi connectivity index (χ3v) is 2.73. The number of rotatable bonds is 2. The zero-order valence-electron chi connectivity index (χ0n) is 7.94. The summed E-state index contributed by atoms with van der Waals surface area (Å²) in [5.74, 6) is -0.213. The summed E-state index contributed by atoms with van der Waals surface area (Å²) in [7, 11) is 0. The SMILES string of the molecule is O=C1CCC(=O)N1Cc1ccc(Br)cn1. The number of likely N-dealkylation sites (tertiary alicyclic amines) is 1. The number of carbonyl (C=O) groups excluding carboxylic acids is 2. The van der Waals surface area contributed by atoms with E-state index < -0.39 is 0 Å². The lowest BCUT2D eigenvalue weighted by molar-refractivity contribution is -0.139. The fraction of sp³-hybridized carbons (Fsp3) is 0.300.